The molecule has 1 atom stereocenters. The van der Waals surface area contributed by atoms with Crippen LogP contribution >= 0.6 is 0 Å². The van der Waals surface area contributed by atoms with Crippen molar-refractivity contribution in [3.05, 3.63) is 54.4 Å². The summed E-state index contributed by atoms with van der Waals surface area (Å²) in [5.74, 6) is 2.63. The number of anilines is 2. The van der Waals surface area contributed by atoms with Gasteiger partial charge in [0.1, 0.15) is 5.75 Å². The summed E-state index contributed by atoms with van der Waals surface area (Å²) in [5.41, 5.74) is 7.92. The standard InChI is InChI=1S/C18H16N4O2/c1-3-12(2)24-14-8-6-13(7-9-14)21-17-15(18(19)23)11-20-22-10-4-5-16(17)22/h1,4-12,21H,2H3,(H2,19,23). The Bertz CT molecular complexity index is 922. The van der Waals surface area contributed by atoms with Crippen LogP contribution in [0.25, 0.3) is 5.52 Å². The Morgan fingerprint density at radius 1 is 1.38 bits per heavy atom. The van der Waals surface area contributed by atoms with Gasteiger partial charge in [-0.05, 0) is 43.3 Å². The van der Waals surface area contributed by atoms with Gasteiger partial charge in [0, 0.05) is 11.9 Å². The molecule has 0 bridgehead atoms. The molecule has 0 saturated heterocycles. The van der Waals surface area contributed by atoms with Gasteiger partial charge in [0.05, 0.1) is 23.0 Å². The summed E-state index contributed by atoms with van der Waals surface area (Å²) in [4.78, 5) is 11.7. The number of primary amides is 1. The van der Waals surface area contributed by atoms with Crippen molar-refractivity contribution in [3.8, 4) is 18.1 Å². The number of hydrogen-bond donors (Lipinski definition) is 2. The fraction of sp³-hybridized carbons (Fsp3) is 0.111. The van der Waals surface area contributed by atoms with Crippen molar-refractivity contribution in [2.45, 2.75) is 13.0 Å². The second kappa shape index (κ2) is 6.34. The zero-order valence-electron chi connectivity index (χ0n) is 13.1. The Hall–Kier alpha value is -3.46. The Kier molecular flexibility index (Phi) is 4.08. The topological polar surface area (TPSA) is 81.6 Å². The van der Waals surface area contributed by atoms with Crippen LogP contribution in [0.3, 0.4) is 0 Å². The number of carbonyl (C=O) groups excluding carboxylic acids is 1. The lowest BCUT2D eigenvalue weighted by Gasteiger charge is -2.13. The SMILES string of the molecule is C#CC(C)Oc1ccc(Nc2c(C(N)=O)cnn3cccc23)cc1. The molecule has 0 fully saturated rings. The van der Waals surface area contributed by atoms with E-state index in [2.05, 4.69) is 16.3 Å². The van der Waals surface area contributed by atoms with Crippen LogP contribution in [0.2, 0.25) is 0 Å². The van der Waals surface area contributed by atoms with Crippen LogP contribution in [0, 0.1) is 12.3 Å². The summed E-state index contributed by atoms with van der Waals surface area (Å²) < 4.78 is 7.20. The number of nitrogens with zero attached hydrogens (tertiary/aromatic N) is 2. The van der Waals surface area contributed by atoms with Crippen LogP contribution in [0.1, 0.15) is 17.3 Å². The number of nitrogens with one attached hydrogen (secondary N) is 1. The number of hydrogen-bond acceptors (Lipinski definition) is 4. The lowest BCUT2D eigenvalue weighted by molar-refractivity contribution is 0.100. The third-order valence-electron chi connectivity index (χ3n) is 3.50. The van der Waals surface area contributed by atoms with Gasteiger partial charge in [-0.3, -0.25) is 4.79 Å². The predicted octanol–water partition coefficient (Wildman–Crippen LogP) is 2.58. The molecule has 0 aliphatic heterocycles. The summed E-state index contributed by atoms with van der Waals surface area (Å²) >= 11 is 0. The molecule has 6 nitrogen and oxygen atoms in total. The average Bonchev–Trinajstić information content (AvgIpc) is 3.05. The van der Waals surface area contributed by atoms with E-state index in [0.717, 1.165) is 11.2 Å². The molecule has 0 aliphatic carbocycles. The highest BCUT2D eigenvalue weighted by Gasteiger charge is 2.13. The van der Waals surface area contributed by atoms with Crippen LogP contribution in [0.5, 0.6) is 5.75 Å². The van der Waals surface area contributed by atoms with Gasteiger partial charge in [-0.25, -0.2) is 4.52 Å². The molecule has 120 valence electrons. The van der Waals surface area contributed by atoms with Gasteiger partial charge in [0.25, 0.3) is 5.91 Å². The quantitative estimate of drug-likeness (QED) is 0.708. The zero-order valence-corrected chi connectivity index (χ0v) is 13.1. The first-order valence-corrected chi connectivity index (χ1v) is 7.34. The number of carbonyl (C=O) groups is 1. The van der Waals surface area contributed by atoms with E-state index in [4.69, 9.17) is 16.9 Å². The molecule has 0 radical (unpaired) electrons. The second-order valence-corrected chi connectivity index (χ2v) is 5.21. The van der Waals surface area contributed by atoms with Gasteiger partial charge >= 0.3 is 0 Å². The van der Waals surface area contributed by atoms with E-state index in [1.807, 2.05) is 24.3 Å². The maximum absolute atomic E-state index is 11.7. The minimum absolute atomic E-state index is 0.300. The highest BCUT2D eigenvalue weighted by molar-refractivity contribution is 6.02. The van der Waals surface area contributed by atoms with Gasteiger partial charge in [-0.15, -0.1) is 6.42 Å². The van der Waals surface area contributed by atoms with Crippen molar-refractivity contribution in [3.63, 3.8) is 0 Å². The van der Waals surface area contributed by atoms with Crippen molar-refractivity contribution >= 4 is 22.8 Å². The van der Waals surface area contributed by atoms with Gasteiger partial charge < -0.3 is 15.8 Å². The Morgan fingerprint density at radius 2 is 2.12 bits per heavy atom. The summed E-state index contributed by atoms with van der Waals surface area (Å²) in [6, 6.07) is 11.0. The summed E-state index contributed by atoms with van der Waals surface area (Å²) in [5, 5.41) is 7.38. The summed E-state index contributed by atoms with van der Waals surface area (Å²) in [7, 11) is 0. The first-order valence-electron chi connectivity index (χ1n) is 7.34. The Balaban J connectivity index is 1.92. The molecule has 2 heterocycles. The fourth-order valence-electron chi connectivity index (χ4n) is 2.31. The second-order valence-electron chi connectivity index (χ2n) is 5.21. The van der Waals surface area contributed by atoms with Crippen molar-refractivity contribution in [2.24, 2.45) is 5.73 Å². The molecule has 0 aliphatic rings. The number of benzene rings is 1. The molecule has 1 unspecified atom stereocenters. The molecule has 1 amide bonds. The molecule has 3 rings (SSSR count). The Labute approximate surface area is 139 Å². The van der Waals surface area contributed by atoms with E-state index >= 15 is 0 Å². The molecule has 24 heavy (non-hydrogen) atoms. The highest BCUT2D eigenvalue weighted by Crippen LogP contribution is 2.27. The van der Waals surface area contributed by atoms with E-state index in [1.54, 1.807) is 29.8 Å². The first kappa shape index (κ1) is 15.4. The molecule has 2 aromatic heterocycles. The van der Waals surface area contributed by atoms with Crippen LogP contribution in [0.15, 0.2) is 48.8 Å². The third kappa shape index (κ3) is 3.01. The number of terminal acetylenes is 1. The fourth-order valence-corrected chi connectivity index (χ4v) is 2.31. The molecule has 3 aromatic rings. The van der Waals surface area contributed by atoms with Crippen molar-refractivity contribution in [1.29, 1.82) is 0 Å². The maximum Gasteiger partial charge on any atom is 0.252 e. The zero-order chi connectivity index (χ0) is 17.1. The van der Waals surface area contributed by atoms with Crippen LogP contribution in [-0.4, -0.2) is 21.6 Å². The van der Waals surface area contributed by atoms with Crippen LogP contribution in [-0.2, 0) is 0 Å². The lowest BCUT2D eigenvalue weighted by atomic mass is 10.2. The number of nitrogens with two attached hydrogens (primary N) is 1. The minimum atomic E-state index is -0.545. The molecule has 1 aromatic carbocycles. The molecule has 3 N–H and O–H groups in total. The normalized spacial score (nSPS) is 11.7. The van der Waals surface area contributed by atoms with Crippen molar-refractivity contribution < 1.29 is 9.53 Å². The number of rotatable bonds is 5. The van der Waals surface area contributed by atoms with Crippen molar-refractivity contribution in [1.82, 2.24) is 9.61 Å². The minimum Gasteiger partial charge on any atom is -0.478 e. The molecular formula is C18H16N4O2. The smallest absolute Gasteiger partial charge is 0.252 e. The Morgan fingerprint density at radius 3 is 2.79 bits per heavy atom. The van der Waals surface area contributed by atoms with Gasteiger partial charge in [-0.1, -0.05) is 5.92 Å². The van der Waals surface area contributed by atoms with Gasteiger partial charge in [0.15, 0.2) is 6.10 Å². The summed E-state index contributed by atoms with van der Waals surface area (Å²) in [6.45, 7) is 1.80. The number of fused-ring (bicyclic) bond motifs is 1. The van der Waals surface area contributed by atoms with Gasteiger partial charge in [0.2, 0.25) is 0 Å². The van der Waals surface area contributed by atoms with E-state index in [-0.39, 0.29) is 6.10 Å². The largest absolute Gasteiger partial charge is 0.478 e. The lowest BCUT2D eigenvalue weighted by Crippen LogP contribution is -2.15. The monoisotopic (exact) mass is 320 g/mol. The van der Waals surface area contributed by atoms with Crippen molar-refractivity contribution in [2.75, 3.05) is 5.32 Å². The maximum atomic E-state index is 11.7. The van der Waals surface area contributed by atoms with E-state index in [0.29, 0.717) is 17.0 Å². The molecule has 6 heteroatoms. The van der Waals surface area contributed by atoms with E-state index in [9.17, 15) is 4.79 Å². The summed E-state index contributed by atoms with van der Waals surface area (Å²) in [6.07, 6.45) is 8.24. The highest BCUT2D eigenvalue weighted by atomic mass is 16.5. The van der Waals surface area contributed by atoms with E-state index in [1.165, 1.54) is 6.20 Å². The van der Waals surface area contributed by atoms with E-state index < -0.39 is 5.91 Å². The molecule has 0 saturated carbocycles. The predicted molar refractivity (Wildman–Crippen MR) is 92.4 cm³/mol. The average molecular weight is 320 g/mol. The number of amides is 1. The van der Waals surface area contributed by atoms with Gasteiger partial charge in [-0.2, -0.15) is 5.10 Å². The molecular weight excluding hydrogens is 304 g/mol. The van der Waals surface area contributed by atoms with Crippen LogP contribution in [0.4, 0.5) is 11.4 Å². The first-order chi connectivity index (χ1) is 11.6. The third-order valence-corrected chi connectivity index (χ3v) is 3.50. The molecule has 0 spiro atoms. The number of aromatic nitrogens is 2. The number of ether oxygens (including phenoxy) is 1. The van der Waals surface area contributed by atoms with Crippen LogP contribution < -0.4 is 15.8 Å².